The number of amides is 1. The molecule has 1 amide bonds. The number of carbonyl (C=O) groups excluding carboxylic acids is 1. The molecule has 1 aromatic heterocycles. The van der Waals surface area contributed by atoms with Crippen LogP contribution in [0.4, 0.5) is 11.4 Å². The first-order chi connectivity index (χ1) is 11.8. The summed E-state index contributed by atoms with van der Waals surface area (Å²) in [4.78, 5) is 12.1. The van der Waals surface area contributed by atoms with Gasteiger partial charge in [0.25, 0.3) is 0 Å². The van der Waals surface area contributed by atoms with E-state index in [4.69, 9.17) is 5.26 Å². The van der Waals surface area contributed by atoms with Crippen molar-refractivity contribution in [2.75, 3.05) is 17.2 Å². The summed E-state index contributed by atoms with van der Waals surface area (Å²) in [6, 6.07) is 18.2. The van der Waals surface area contributed by atoms with Crippen molar-refractivity contribution in [1.29, 1.82) is 5.26 Å². The van der Waals surface area contributed by atoms with E-state index in [0.29, 0.717) is 11.3 Å². The van der Waals surface area contributed by atoms with E-state index in [0.717, 1.165) is 11.4 Å². The smallest absolute Gasteiger partial charge is 0.243 e. The minimum atomic E-state index is -0.171. The van der Waals surface area contributed by atoms with E-state index in [9.17, 15) is 4.79 Å². The highest BCUT2D eigenvalue weighted by atomic mass is 16.1. The Kier molecular flexibility index (Phi) is 4.54. The van der Waals surface area contributed by atoms with Crippen LogP contribution in [-0.4, -0.2) is 22.2 Å². The lowest BCUT2D eigenvalue weighted by Gasteiger charge is -2.12. The maximum atomic E-state index is 12.1. The van der Waals surface area contributed by atoms with Crippen molar-refractivity contribution >= 4 is 17.3 Å². The Morgan fingerprint density at radius 1 is 1.12 bits per heavy atom. The number of aromatic nitrogens is 2. The van der Waals surface area contributed by atoms with Crippen LogP contribution in [0, 0.1) is 11.3 Å². The molecule has 0 bridgehead atoms. The van der Waals surface area contributed by atoms with Gasteiger partial charge in [0.15, 0.2) is 0 Å². The van der Waals surface area contributed by atoms with Crippen LogP contribution in [0.2, 0.25) is 0 Å². The molecule has 3 aromatic rings. The van der Waals surface area contributed by atoms with E-state index >= 15 is 0 Å². The molecule has 0 radical (unpaired) electrons. The lowest BCUT2D eigenvalue weighted by atomic mass is 10.2. The summed E-state index contributed by atoms with van der Waals surface area (Å²) in [5.74, 6) is -0.171. The number of nitrogens with one attached hydrogen (secondary N) is 2. The lowest BCUT2D eigenvalue weighted by Crippen LogP contribution is -2.22. The van der Waals surface area contributed by atoms with E-state index in [1.807, 2.05) is 42.6 Å². The maximum Gasteiger partial charge on any atom is 0.243 e. The molecule has 0 fully saturated rings. The first-order valence-corrected chi connectivity index (χ1v) is 7.39. The molecule has 0 spiro atoms. The predicted octanol–water partition coefficient (Wildman–Crippen LogP) is 2.79. The van der Waals surface area contributed by atoms with Crippen molar-refractivity contribution in [2.45, 2.75) is 0 Å². The van der Waals surface area contributed by atoms with Gasteiger partial charge in [0, 0.05) is 18.1 Å². The zero-order valence-corrected chi connectivity index (χ0v) is 12.8. The lowest BCUT2D eigenvalue weighted by molar-refractivity contribution is -0.114. The van der Waals surface area contributed by atoms with Gasteiger partial charge in [0.05, 0.1) is 29.6 Å². The minimum absolute atomic E-state index is 0.123. The fraction of sp³-hybridized carbons (Fsp3) is 0.0556. The molecule has 1 heterocycles. The summed E-state index contributed by atoms with van der Waals surface area (Å²) in [5, 5.41) is 18.9. The zero-order chi connectivity index (χ0) is 16.8. The third-order valence-corrected chi connectivity index (χ3v) is 3.39. The SMILES string of the molecule is N#Cc1ccc(NC(=O)CNc2ccccc2-n2cccn2)cc1. The van der Waals surface area contributed by atoms with Crippen LogP contribution >= 0.6 is 0 Å². The van der Waals surface area contributed by atoms with Crippen molar-refractivity contribution in [3.8, 4) is 11.8 Å². The molecule has 2 aromatic carbocycles. The van der Waals surface area contributed by atoms with E-state index in [-0.39, 0.29) is 12.5 Å². The molecule has 0 unspecified atom stereocenters. The highest BCUT2D eigenvalue weighted by molar-refractivity contribution is 5.94. The standard InChI is InChI=1S/C18H15N5O/c19-12-14-6-8-15(9-7-14)22-18(24)13-20-16-4-1-2-5-17(16)23-11-3-10-21-23/h1-11,20H,13H2,(H,22,24). The Bertz CT molecular complexity index is 863. The highest BCUT2D eigenvalue weighted by Crippen LogP contribution is 2.18. The molecule has 0 saturated carbocycles. The second-order valence-electron chi connectivity index (χ2n) is 5.06. The number of hydrogen-bond acceptors (Lipinski definition) is 4. The van der Waals surface area contributed by atoms with Gasteiger partial charge in [-0.2, -0.15) is 10.4 Å². The van der Waals surface area contributed by atoms with E-state index in [2.05, 4.69) is 15.7 Å². The van der Waals surface area contributed by atoms with Crippen molar-refractivity contribution in [3.05, 3.63) is 72.6 Å². The van der Waals surface area contributed by atoms with Gasteiger partial charge < -0.3 is 10.6 Å². The topological polar surface area (TPSA) is 82.7 Å². The van der Waals surface area contributed by atoms with Crippen molar-refractivity contribution in [3.63, 3.8) is 0 Å². The zero-order valence-electron chi connectivity index (χ0n) is 12.8. The molecule has 6 nitrogen and oxygen atoms in total. The molecule has 118 valence electrons. The Morgan fingerprint density at radius 3 is 2.62 bits per heavy atom. The van der Waals surface area contributed by atoms with Crippen LogP contribution in [0.15, 0.2) is 67.0 Å². The quantitative estimate of drug-likeness (QED) is 0.758. The molecular formula is C18H15N5O. The number of benzene rings is 2. The first-order valence-electron chi connectivity index (χ1n) is 7.39. The van der Waals surface area contributed by atoms with Crippen molar-refractivity contribution in [2.24, 2.45) is 0 Å². The summed E-state index contributed by atoms with van der Waals surface area (Å²) >= 11 is 0. The Hall–Kier alpha value is -3.59. The van der Waals surface area contributed by atoms with Gasteiger partial charge in [-0.3, -0.25) is 4.79 Å². The average molecular weight is 317 g/mol. The largest absolute Gasteiger partial charge is 0.374 e. The number of carbonyl (C=O) groups is 1. The first kappa shape index (κ1) is 15.3. The Morgan fingerprint density at radius 2 is 1.92 bits per heavy atom. The third kappa shape index (κ3) is 3.59. The fourth-order valence-electron chi connectivity index (χ4n) is 2.24. The molecule has 0 aliphatic carbocycles. The van der Waals surface area contributed by atoms with Crippen LogP contribution in [-0.2, 0) is 4.79 Å². The average Bonchev–Trinajstić information content (AvgIpc) is 3.15. The van der Waals surface area contributed by atoms with Gasteiger partial charge in [0.1, 0.15) is 0 Å². The second kappa shape index (κ2) is 7.11. The van der Waals surface area contributed by atoms with Gasteiger partial charge in [-0.1, -0.05) is 12.1 Å². The number of nitrogens with zero attached hydrogens (tertiary/aromatic N) is 3. The van der Waals surface area contributed by atoms with Gasteiger partial charge >= 0.3 is 0 Å². The number of hydrogen-bond donors (Lipinski definition) is 2. The molecule has 0 aliphatic heterocycles. The van der Waals surface area contributed by atoms with E-state index in [1.54, 1.807) is 35.1 Å². The maximum absolute atomic E-state index is 12.1. The van der Waals surface area contributed by atoms with Crippen molar-refractivity contribution in [1.82, 2.24) is 9.78 Å². The molecule has 6 heteroatoms. The number of anilines is 2. The monoisotopic (exact) mass is 317 g/mol. The molecule has 3 rings (SSSR count). The van der Waals surface area contributed by atoms with Gasteiger partial charge in [0.2, 0.25) is 5.91 Å². The third-order valence-electron chi connectivity index (χ3n) is 3.39. The molecule has 0 aliphatic rings. The predicted molar refractivity (Wildman–Crippen MR) is 91.8 cm³/mol. The van der Waals surface area contributed by atoms with Crippen LogP contribution in [0.1, 0.15) is 5.56 Å². The number of rotatable bonds is 5. The van der Waals surface area contributed by atoms with Crippen LogP contribution in [0.5, 0.6) is 0 Å². The molecule has 0 atom stereocenters. The van der Waals surface area contributed by atoms with Gasteiger partial charge in [-0.25, -0.2) is 4.68 Å². The second-order valence-corrected chi connectivity index (χ2v) is 5.06. The highest BCUT2D eigenvalue weighted by Gasteiger charge is 2.07. The summed E-state index contributed by atoms with van der Waals surface area (Å²) in [5.41, 5.74) is 2.89. The number of nitriles is 1. The fourth-order valence-corrected chi connectivity index (χ4v) is 2.24. The Labute approximate surface area is 139 Å². The molecule has 0 saturated heterocycles. The van der Waals surface area contributed by atoms with Gasteiger partial charge in [-0.05, 0) is 42.5 Å². The summed E-state index contributed by atoms with van der Waals surface area (Å²) < 4.78 is 1.74. The summed E-state index contributed by atoms with van der Waals surface area (Å²) in [6.07, 6.45) is 3.55. The van der Waals surface area contributed by atoms with Crippen molar-refractivity contribution < 1.29 is 4.79 Å². The Balaban J connectivity index is 1.63. The van der Waals surface area contributed by atoms with Crippen LogP contribution in [0.25, 0.3) is 5.69 Å². The number of para-hydroxylation sites is 2. The van der Waals surface area contributed by atoms with Crippen LogP contribution < -0.4 is 10.6 Å². The van der Waals surface area contributed by atoms with Crippen LogP contribution in [0.3, 0.4) is 0 Å². The van der Waals surface area contributed by atoms with E-state index in [1.165, 1.54) is 0 Å². The molecule has 2 N–H and O–H groups in total. The molecular weight excluding hydrogens is 302 g/mol. The minimum Gasteiger partial charge on any atom is -0.374 e. The van der Waals surface area contributed by atoms with E-state index < -0.39 is 0 Å². The molecule has 24 heavy (non-hydrogen) atoms. The normalized spacial score (nSPS) is 9.96. The summed E-state index contributed by atoms with van der Waals surface area (Å²) in [6.45, 7) is 0.123. The van der Waals surface area contributed by atoms with Gasteiger partial charge in [-0.15, -0.1) is 0 Å². The summed E-state index contributed by atoms with van der Waals surface area (Å²) in [7, 11) is 0.